The molecule has 5 nitrogen and oxygen atoms in total. The van der Waals surface area contributed by atoms with Crippen molar-refractivity contribution in [3.8, 4) is 5.75 Å². The number of carbonyl (C=O) groups is 2. The number of benzene rings is 2. The molecule has 1 aliphatic carbocycles. The Morgan fingerprint density at radius 1 is 1.13 bits per heavy atom. The monoisotopic (exact) mass is 442 g/mol. The average molecular weight is 443 g/mol. The molecule has 31 heavy (non-hydrogen) atoms. The second kappa shape index (κ2) is 11.2. The summed E-state index contributed by atoms with van der Waals surface area (Å²) in [5.74, 6) is 0.236. The smallest absolute Gasteiger partial charge is 0.261 e. The molecule has 2 aromatic carbocycles. The van der Waals surface area contributed by atoms with Crippen molar-refractivity contribution in [3.05, 3.63) is 64.7 Å². The first-order valence-electron chi connectivity index (χ1n) is 11.0. The van der Waals surface area contributed by atoms with E-state index in [1.165, 1.54) is 5.56 Å². The van der Waals surface area contributed by atoms with Crippen LogP contribution in [0.3, 0.4) is 0 Å². The Hall–Kier alpha value is -2.53. The van der Waals surface area contributed by atoms with Crippen LogP contribution in [-0.4, -0.2) is 35.4 Å². The number of hydrogen-bond donors (Lipinski definition) is 1. The van der Waals surface area contributed by atoms with Crippen molar-refractivity contribution in [2.75, 3.05) is 6.61 Å². The third-order valence-corrected chi connectivity index (χ3v) is 6.23. The average Bonchev–Trinajstić information content (AvgIpc) is 3.30. The van der Waals surface area contributed by atoms with Crippen LogP contribution in [0.4, 0.5) is 0 Å². The van der Waals surface area contributed by atoms with Crippen molar-refractivity contribution in [3.63, 3.8) is 0 Å². The molecule has 1 atom stereocenters. The molecule has 0 spiro atoms. The van der Waals surface area contributed by atoms with Gasteiger partial charge < -0.3 is 15.0 Å². The number of amides is 2. The fraction of sp³-hybridized carbons (Fsp3) is 0.440. The van der Waals surface area contributed by atoms with Crippen LogP contribution in [0.1, 0.15) is 50.7 Å². The molecule has 1 fully saturated rings. The first kappa shape index (κ1) is 23.1. The van der Waals surface area contributed by atoms with Crippen LogP contribution in [0.15, 0.2) is 48.5 Å². The molecule has 3 rings (SSSR count). The fourth-order valence-electron chi connectivity index (χ4n) is 3.83. The molecule has 0 aromatic heterocycles. The first-order valence-corrected chi connectivity index (χ1v) is 11.4. The first-order chi connectivity index (χ1) is 15.0. The number of aryl methyl sites for hydroxylation is 1. The van der Waals surface area contributed by atoms with Gasteiger partial charge in [-0.15, -0.1) is 0 Å². The summed E-state index contributed by atoms with van der Waals surface area (Å²) in [6, 6.07) is 14.6. The fourth-order valence-corrected chi connectivity index (χ4v) is 4.03. The molecule has 6 heteroatoms. The highest BCUT2D eigenvalue weighted by molar-refractivity contribution is 6.31. The normalized spacial score (nSPS) is 14.8. The van der Waals surface area contributed by atoms with Crippen LogP contribution in [-0.2, 0) is 22.6 Å². The number of carbonyl (C=O) groups excluding carboxylic acids is 2. The van der Waals surface area contributed by atoms with Gasteiger partial charge in [0.05, 0.1) is 0 Å². The Kier molecular flexibility index (Phi) is 8.35. The Labute approximate surface area is 189 Å². The molecular weight excluding hydrogens is 412 g/mol. The van der Waals surface area contributed by atoms with Crippen LogP contribution < -0.4 is 10.1 Å². The number of ether oxygens (including phenoxy) is 1. The molecular formula is C25H31ClN2O3. The van der Waals surface area contributed by atoms with Crippen LogP contribution in [0.25, 0.3) is 0 Å². The van der Waals surface area contributed by atoms with Crippen molar-refractivity contribution in [1.29, 1.82) is 0 Å². The Morgan fingerprint density at radius 2 is 1.81 bits per heavy atom. The number of hydrogen-bond acceptors (Lipinski definition) is 3. The van der Waals surface area contributed by atoms with E-state index in [0.29, 0.717) is 10.8 Å². The molecule has 1 N–H and O–H groups in total. The Balaban J connectivity index is 1.70. The standard InChI is InChI=1S/C25H31ClN2O3/c1-3-19-12-14-22(15-13-19)31-17-24(29)28(16-20-8-4-7-11-23(20)26)18(2)25(30)27-21-9-5-6-10-21/h4,7-8,11-15,18,21H,3,5-6,9-10,16-17H2,1-2H3,(H,27,30)/t18-/m1/s1. The van der Waals surface area contributed by atoms with E-state index in [2.05, 4.69) is 12.2 Å². The zero-order valence-corrected chi connectivity index (χ0v) is 19.0. The van der Waals surface area contributed by atoms with E-state index in [1.54, 1.807) is 17.9 Å². The van der Waals surface area contributed by atoms with Crippen molar-refractivity contribution in [2.24, 2.45) is 0 Å². The number of rotatable bonds is 9. The molecule has 0 unspecified atom stereocenters. The lowest BCUT2D eigenvalue weighted by Crippen LogP contribution is -2.50. The van der Waals surface area contributed by atoms with Crippen LogP contribution in [0.5, 0.6) is 5.75 Å². The summed E-state index contributed by atoms with van der Waals surface area (Å²) < 4.78 is 5.72. The molecule has 0 bridgehead atoms. The molecule has 1 aliphatic rings. The summed E-state index contributed by atoms with van der Waals surface area (Å²) in [5.41, 5.74) is 2.00. The third kappa shape index (κ3) is 6.47. The van der Waals surface area contributed by atoms with Gasteiger partial charge in [-0.05, 0) is 55.5 Å². The summed E-state index contributed by atoms with van der Waals surface area (Å²) in [6.45, 7) is 3.95. The van der Waals surface area contributed by atoms with E-state index in [0.717, 1.165) is 37.7 Å². The van der Waals surface area contributed by atoms with Gasteiger partial charge in [0.25, 0.3) is 5.91 Å². The SMILES string of the molecule is CCc1ccc(OCC(=O)N(Cc2ccccc2Cl)[C@H](C)C(=O)NC2CCCC2)cc1. The van der Waals surface area contributed by atoms with Gasteiger partial charge >= 0.3 is 0 Å². The molecule has 1 saturated carbocycles. The van der Waals surface area contributed by atoms with Gasteiger partial charge in [0.2, 0.25) is 5.91 Å². The largest absolute Gasteiger partial charge is 0.484 e. The Morgan fingerprint density at radius 3 is 2.45 bits per heavy atom. The molecule has 166 valence electrons. The summed E-state index contributed by atoms with van der Waals surface area (Å²) in [7, 11) is 0. The van der Waals surface area contributed by atoms with Crippen molar-refractivity contribution >= 4 is 23.4 Å². The highest BCUT2D eigenvalue weighted by Crippen LogP contribution is 2.21. The van der Waals surface area contributed by atoms with Crippen LogP contribution >= 0.6 is 11.6 Å². The van der Waals surface area contributed by atoms with Crippen LogP contribution in [0.2, 0.25) is 5.02 Å². The summed E-state index contributed by atoms with van der Waals surface area (Å²) in [6.07, 6.45) is 5.19. The number of nitrogens with one attached hydrogen (secondary N) is 1. The topological polar surface area (TPSA) is 58.6 Å². The van der Waals surface area contributed by atoms with Crippen molar-refractivity contribution in [2.45, 2.75) is 64.6 Å². The third-order valence-electron chi connectivity index (χ3n) is 5.86. The van der Waals surface area contributed by atoms with Crippen LogP contribution in [0, 0.1) is 0 Å². The maximum Gasteiger partial charge on any atom is 0.261 e. The van der Waals surface area contributed by atoms with Gasteiger partial charge in [-0.3, -0.25) is 9.59 Å². The summed E-state index contributed by atoms with van der Waals surface area (Å²) >= 11 is 6.33. The second-order valence-electron chi connectivity index (χ2n) is 8.07. The minimum Gasteiger partial charge on any atom is -0.484 e. The zero-order valence-electron chi connectivity index (χ0n) is 18.3. The quantitative estimate of drug-likeness (QED) is 0.609. The Bertz CT molecular complexity index is 879. The highest BCUT2D eigenvalue weighted by atomic mass is 35.5. The number of nitrogens with zero attached hydrogens (tertiary/aromatic N) is 1. The van der Waals surface area contributed by atoms with E-state index in [-0.39, 0.29) is 31.0 Å². The molecule has 0 aliphatic heterocycles. The molecule has 0 heterocycles. The highest BCUT2D eigenvalue weighted by Gasteiger charge is 2.29. The van der Waals surface area contributed by atoms with Gasteiger partial charge in [0, 0.05) is 17.6 Å². The van der Waals surface area contributed by atoms with Gasteiger partial charge in [-0.1, -0.05) is 61.7 Å². The molecule has 2 amide bonds. The number of halogens is 1. The van der Waals surface area contributed by atoms with Gasteiger partial charge in [0.1, 0.15) is 11.8 Å². The summed E-state index contributed by atoms with van der Waals surface area (Å²) in [4.78, 5) is 27.5. The zero-order chi connectivity index (χ0) is 22.2. The predicted octanol–water partition coefficient (Wildman–Crippen LogP) is 4.76. The van der Waals surface area contributed by atoms with Gasteiger partial charge in [-0.25, -0.2) is 0 Å². The van der Waals surface area contributed by atoms with Crippen molar-refractivity contribution in [1.82, 2.24) is 10.2 Å². The lowest BCUT2D eigenvalue weighted by molar-refractivity contribution is -0.142. The van der Waals surface area contributed by atoms with Crippen molar-refractivity contribution < 1.29 is 14.3 Å². The van der Waals surface area contributed by atoms with E-state index in [9.17, 15) is 9.59 Å². The van der Waals surface area contributed by atoms with Gasteiger partial charge in [-0.2, -0.15) is 0 Å². The molecule has 0 radical (unpaired) electrons. The summed E-state index contributed by atoms with van der Waals surface area (Å²) in [5, 5.41) is 3.66. The van der Waals surface area contributed by atoms with E-state index >= 15 is 0 Å². The maximum atomic E-state index is 13.1. The van der Waals surface area contributed by atoms with E-state index < -0.39 is 6.04 Å². The minimum absolute atomic E-state index is 0.139. The van der Waals surface area contributed by atoms with E-state index in [4.69, 9.17) is 16.3 Å². The molecule has 2 aromatic rings. The van der Waals surface area contributed by atoms with Gasteiger partial charge in [0.15, 0.2) is 6.61 Å². The maximum absolute atomic E-state index is 13.1. The lowest BCUT2D eigenvalue weighted by atomic mass is 10.1. The second-order valence-corrected chi connectivity index (χ2v) is 8.47. The van der Waals surface area contributed by atoms with E-state index in [1.807, 2.05) is 42.5 Å². The lowest BCUT2D eigenvalue weighted by Gasteiger charge is -2.30. The minimum atomic E-state index is -0.629. The molecule has 0 saturated heterocycles. The predicted molar refractivity (Wildman–Crippen MR) is 123 cm³/mol.